The molecule has 21 heavy (non-hydrogen) atoms. The van der Waals surface area contributed by atoms with E-state index in [1.165, 1.54) is 0 Å². The molecule has 1 aromatic carbocycles. The summed E-state index contributed by atoms with van der Waals surface area (Å²) in [6.07, 6.45) is 2.05. The van der Waals surface area contributed by atoms with Gasteiger partial charge in [-0.15, -0.1) is 0 Å². The molecule has 0 spiro atoms. The molecule has 0 saturated carbocycles. The molecule has 0 amide bonds. The van der Waals surface area contributed by atoms with Crippen molar-refractivity contribution in [2.24, 2.45) is 0 Å². The Kier molecular flexibility index (Phi) is 8.56. The number of hydrogen-bond donors (Lipinski definition) is 1. The molecule has 0 aliphatic heterocycles. The van der Waals surface area contributed by atoms with Crippen LogP contribution in [0.25, 0.3) is 0 Å². The third kappa shape index (κ3) is 5.08. The monoisotopic (exact) mass is 312 g/mol. The maximum absolute atomic E-state index is 6.01. The Morgan fingerprint density at radius 2 is 1.71 bits per heavy atom. The van der Waals surface area contributed by atoms with E-state index in [2.05, 4.69) is 35.9 Å². The summed E-state index contributed by atoms with van der Waals surface area (Å²) < 4.78 is 19.6. The van der Waals surface area contributed by atoms with Crippen LogP contribution in [0.2, 0.25) is 0 Å². The van der Waals surface area contributed by atoms with E-state index in [1.54, 1.807) is 14.2 Å². The smallest absolute Gasteiger partial charge is 0.360 e. The highest BCUT2D eigenvalue weighted by molar-refractivity contribution is 6.65. The first-order valence-corrected chi connectivity index (χ1v) is 9.18. The van der Waals surface area contributed by atoms with Gasteiger partial charge >= 0.3 is 8.97 Å². The Balaban J connectivity index is 2.91. The zero-order valence-corrected chi connectivity index (χ0v) is 14.6. The van der Waals surface area contributed by atoms with Crippen LogP contribution in [-0.2, 0) is 13.3 Å². The van der Waals surface area contributed by atoms with Crippen LogP contribution in [0.1, 0.15) is 26.7 Å². The van der Waals surface area contributed by atoms with Crippen LogP contribution in [0, 0.1) is 0 Å². The maximum atomic E-state index is 6.01. The molecular weight excluding hydrogens is 284 g/mol. The molecule has 0 bridgehead atoms. The minimum Gasteiger partial charge on any atom is -0.360 e. The van der Waals surface area contributed by atoms with Gasteiger partial charge in [0.2, 0.25) is 0 Å². The second-order valence-electron chi connectivity index (χ2n) is 4.71. The summed E-state index contributed by atoms with van der Waals surface area (Å²) in [5.74, 6) is 0. The van der Waals surface area contributed by atoms with Gasteiger partial charge < -0.3 is 17.8 Å². The lowest BCUT2D eigenvalue weighted by atomic mass is 10.3. The largest absolute Gasteiger partial charge is 0.634 e. The topological polar surface area (TPSA) is 43.0 Å². The zero-order valence-electron chi connectivity index (χ0n) is 13.6. The predicted octanol–water partition coefficient (Wildman–Crippen LogP) is 2.61. The third-order valence-electron chi connectivity index (χ3n) is 3.14. The van der Waals surface area contributed by atoms with Crippen LogP contribution >= 0.6 is 0 Å². The molecule has 0 atom stereocenters. The van der Waals surface area contributed by atoms with Gasteiger partial charge in [-0.25, -0.2) is 0 Å². The normalized spacial score (nSPS) is 11.6. The van der Waals surface area contributed by atoms with E-state index in [0.717, 1.165) is 31.6 Å². The van der Waals surface area contributed by atoms with E-state index in [-0.39, 0.29) is 0 Å². The minimum absolute atomic E-state index is 0.425. The van der Waals surface area contributed by atoms with Gasteiger partial charge in [-0.05, 0) is 31.5 Å². The lowest BCUT2D eigenvalue weighted by molar-refractivity contribution is 0.0877. The van der Waals surface area contributed by atoms with Crippen LogP contribution < -0.4 is 9.88 Å². The van der Waals surface area contributed by atoms with E-state index < -0.39 is 8.97 Å². The standard InChI is InChI=1S/C15H28N2O3Si/c1-5-12-16-14-20-21(18-3,19-4)17(13-6-2)15-10-8-7-9-11-15/h7-11,16H,5-6,12-14H2,1-4H3. The van der Waals surface area contributed by atoms with Crippen molar-refractivity contribution in [2.45, 2.75) is 26.7 Å². The average molecular weight is 312 g/mol. The van der Waals surface area contributed by atoms with Gasteiger partial charge in [0.25, 0.3) is 0 Å². The van der Waals surface area contributed by atoms with Gasteiger partial charge in [0.05, 0.1) is 6.73 Å². The van der Waals surface area contributed by atoms with E-state index in [9.17, 15) is 0 Å². The summed E-state index contributed by atoms with van der Waals surface area (Å²) in [6.45, 7) is 6.42. The third-order valence-corrected chi connectivity index (χ3v) is 5.83. The van der Waals surface area contributed by atoms with E-state index >= 15 is 0 Å². The summed E-state index contributed by atoms with van der Waals surface area (Å²) in [6, 6.07) is 10.1. The van der Waals surface area contributed by atoms with Gasteiger partial charge in [0.15, 0.2) is 0 Å². The van der Waals surface area contributed by atoms with Crippen molar-refractivity contribution >= 4 is 14.7 Å². The molecule has 0 heterocycles. The lowest BCUT2D eigenvalue weighted by Crippen LogP contribution is -2.61. The summed E-state index contributed by atoms with van der Waals surface area (Å²) in [4.78, 5) is 0. The highest BCUT2D eigenvalue weighted by Gasteiger charge is 2.48. The minimum atomic E-state index is -2.91. The molecule has 0 fully saturated rings. The Bertz CT molecular complexity index is 374. The molecule has 0 aromatic heterocycles. The Hall–Kier alpha value is -0.923. The second kappa shape index (κ2) is 9.91. The van der Waals surface area contributed by atoms with Crippen molar-refractivity contribution in [3.63, 3.8) is 0 Å². The number of anilines is 1. The molecule has 1 rings (SSSR count). The summed E-state index contributed by atoms with van der Waals surface area (Å²) in [7, 11) is 0.394. The molecule has 120 valence electrons. The summed E-state index contributed by atoms with van der Waals surface area (Å²) in [5, 5.41) is 3.23. The first-order chi connectivity index (χ1) is 10.2. The Morgan fingerprint density at radius 1 is 1.05 bits per heavy atom. The number of nitrogens with one attached hydrogen (secondary N) is 1. The van der Waals surface area contributed by atoms with E-state index in [0.29, 0.717) is 6.73 Å². The van der Waals surface area contributed by atoms with Crippen LogP contribution in [0.5, 0.6) is 0 Å². The molecule has 0 unspecified atom stereocenters. The molecule has 0 saturated heterocycles. The van der Waals surface area contributed by atoms with Crippen LogP contribution in [0.3, 0.4) is 0 Å². The quantitative estimate of drug-likeness (QED) is 0.386. The van der Waals surface area contributed by atoms with Crippen molar-refractivity contribution in [3.8, 4) is 0 Å². The fourth-order valence-corrected chi connectivity index (χ4v) is 4.39. The fourth-order valence-electron chi connectivity index (χ4n) is 2.15. The number of hydrogen-bond acceptors (Lipinski definition) is 5. The zero-order chi connectivity index (χ0) is 15.6. The van der Waals surface area contributed by atoms with Crippen molar-refractivity contribution in [3.05, 3.63) is 30.3 Å². The highest BCUT2D eigenvalue weighted by atomic mass is 28.4. The number of nitrogens with zero attached hydrogens (tertiary/aromatic N) is 1. The van der Waals surface area contributed by atoms with Crippen molar-refractivity contribution in [1.82, 2.24) is 5.32 Å². The SMILES string of the molecule is CCCNCO[Si](OC)(OC)N(CCC)c1ccccc1. The molecular formula is C15H28N2O3Si. The van der Waals surface area contributed by atoms with Gasteiger partial charge in [-0.3, -0.25) is 5.32 Å². The Morgan fingerprint density at radius 3 is 2.24 bits per heavy atom. The molecule has 1 aromatic rings. The summed E-state index contributed by atoms with van der Waals surface area (Å²) >= 11 is 0. The van der Waals surface area contributed by atoms with Crippen molar-refractivity contribution < 1.29 is 13.3 Å². The average Bonchev–Trinajstić information content (AvgIpc) is 2.55. The highest BCUT2D eigenvalue weighted by Crippen LogP contribution is 2.23. The molecule has 5 nitrogen and oxygen atoms in total. The molecule has 0 aliphatic carbocycles. The summed E-state index contributed by atoms with van der Waals surface area (Å²) in [5.41, 5.74) is 1.06. The first kappa shape index (κ1) is 18.1. The van der Waals surface area contributed by atoms with Crippen molar-refractivity contribution in [2.75, 3.05) is 38.6 Å². The van der Waals surface area contributed by atoms with Gasteiger partial charge in [0, 0.05) is 26.5 Å². The van der Waals surface area contributed by atoms with Gasteiger partial charge in [-0.1, -0.05) is 32.0 Å². The van der Waals surface area contributed by atoms with Crippen molar-refractivity contribution in [1.29, 1.82) is 0 Å². The van der Waals surface area contributed by atoms with Crippen LogP contribution in [-0.4, -0.2) is 43.0 Å². The van der Waals surface area contributed by atoms with E-state index in [4.69, 9.17) is 13.3 Å². The lowest BCUT2D eigenvalue weighted by Gasteiger charge is -2.37. The second-order valence-corrected chi connectivity index (χ2v) is 7.40. The van der Waals surface area contributed by atoms with Gasteiger partial charge in [-0.2, -0.15) is 0 Å². The fraction of sp³-hybridized carbons (Fsp3) is 0.600. The molecule has 6 heteroatoms. The van der Waals surface area contributed by atoms with Crippen LogP contribution in [0.15, 0.2) is 30.3 Å². The number of benzene rings is 1. The number of para-hydroxylation sites is 1. The Labute approximate surface area is 129 Å². The molecule has 0 aliphatic rings. The number of rotatable bonds is 11. The van der Waals surface area contributed by atoms with E-state index in [1.807, 2.05) is 18.2 Å². The van der Waals surface area contributed by atoms with Gasteiger partial charge in [0.1, 0.15) is 0 Å². The predicted molar refractivity (Wildman–Crippen MR) is 88.1 cm³/mol. The molecule has 0 radical (unpaired) electrons. The first-order valence-electron chi connectivity index (χ1n) is 7.51. The van der Waals surface area contributed by atoms with Crippen LogP contribution in [0.4, 0.5) is 5.69 Å². The molecule has 1 N–H and O–H groups in total. The maximum Gasteiger partial charge on any atom is 0.634 e.